The lowest BCUT2D eigenvalue weighted by atomic mass is 10.2. The van der Waals surface area contributed by atoms with Gasteiger partial charge in [0.25, 0.3) is 0 Å². The van der Waals surface area contributed by atoms with E-state index in [9.17, 15) is 4.79 Å². The lowest BCUT2D eigenvalue weighted by Crippen LogP contribution is -2.13. The van der Waals surface area contributed by atoms with E-state index in [1.54, 1.807) is 13.0 Å². The van der Waals surface area contributed by atoms with Gasteiger partial charge in [0, 0.05) is 12.3 Å². The molecule has 94 valence electrons. The number of nitrogens with zero attached hydrogens (tertiary/aromatic N) is 1. The lowest BCUT2D eigenvalue weighted by molar-refractivity contribution is -0.116. The number of alkyl halides is 1. The molecule has 6 heteroatoms. The Morgan fingerprint density at radius 1 is 1.35 bits per heavy atom. The molecule has 1 aromatic heterocycles. The topological polar surface area (TPSA) is 42.0 Å². The number of hydrogen-bond acceptors (Lipinski definition) is 2. The van der Waals surface area contributed by atoms with Crippen LogP contribution in [0.3, 0.4) is 0 Å². The van der Waals surface area contributed by atoms with Gasteiger partial charge in [-0.05, 0) is 25.8 Å². The molecule has 0 aliphatic rings. The highest BCUT2D eigenvalue weighted by Crippen LogP contribution is 2.25. The SMILES string of the molecule is Cc1nc(NC(=O)CCCCCl)c(Cl)cc1Cl. The van der Waals surface area contributed by atoms with Crippen LogP contribution >= 0.6 is 34.8 Å². The Hall–Kier alpha value is -0.510. The number of aryl methyl sites for hydroxylation is 1. The first-order valence-corrected chi connectivity index (χ1v) is 6.52. The molecule has 1 rings (SSSR count). The zero-order valence-electron chi connectivity index (χ0n) is 9.40. The van der Waals surface area contributed by atoms with E-state index >= 15 is 0 Å². The Morgan fingerprint density at radius 3 is 2.71 bits per heavy atom. The van der Waals surface area contributed by atoms with Gasteiger partial charge in [-0.3, -0.25) is 4.79 Å². The van der Waals surface area contributed by atoms with Gasteiger partial charge >= 0.3 is 0 Å². The normalized spacial score (nSPS) is 10.4. The Bertz CT molecular complexity index is 410. The quantitative estimate of drug-likeness (QED) is 0.658. The summed E-state index contributed by atoms with van der Waals surface area (Å²) in [7, 11) is 0. The highest BCUT2D eigenvalue weighted by atomic mass is 35.5. The van der Waals surface area contributed by atoms with Gasteiger partial charge in [0.15, 0.2) is 5.82 Å². The molecule has 0 unspecified atom stereocenters. The number of aromatic nitrogens is 1. The maximum absolute atomic E-state index is 11.5. The van der Waals surface area contributed by atoms with Crippen molar-refractivity contribution >= 4 is 46.5 Å². The van der Waals surface area contributed by atoms with Crippen molar-refractivity contribution in [2.24, 2.45) is 0 Å². The fourth-order valence-corrected chi connectivity index (χ4v) is 1.82. The summed E-state index contributed by atoms with van der Waals surface area (Å²) in [6.07, 6.45) is 1.97. The highest BCUT2D eigenvalue weighted by molar-refractivity contribution is 6.36. The van der Waals surface area contributed by atoms with Crippen molar-refractivity contribution in [3.8, 4) is 0 Å². The minimum absolute atomic E-state index is 0.119. The molecule has 0 saturated carbocycles. The molecule has 1 heterocycles. The largest absolute Gasteiger partial charge is 0.309 e. The Kier molecular flexibility index (Phi) is 6.03. The molecule has 0 aliphatic carbocycles. The van der Waals surface area contributed by atoms with E-state index in [1.165, 1.54) is 0 Å². The highest BCUT2D eigenvalue weighted by Gasteiger charge is 2.09. The molecule has 0 aromatic carbocycles. The van der Waals surface area contributed by atoms with Crippen molar-refractivity contribution in [3.05, 3.63) is 21.8 Å². The van der Waals surface area contributed by atoms with Crippen LogP contribution in [0.5, 0.6) is 0 Å². The van der Waals surface area contributed by atoms with Crippen LogP contribution in [0.2, 0.25) is 10.0 Å². The molecule has 0 saturated heterocycles. The molecule has 0 atom stereocenters. The number of pyridine rings is 1. The molecule has 17 heavy (non-hydrogen) atoms. The molecule has 1 aromatic rings. The van der Waals surface area contributed by atoms with Crippen molar-refractivity contribution in [3.63, 3.8) is 0 Å². The van der Waals surface area contributed by atoms with E-state index in [-0.39, 0.29) is 5.91 Å². The number of hydrogen-bond donors (Lipinski definition) is 1. The minimum atomic E-state index is -0.119. The second-order valence-corrected chi connectivity index (χ2v) is 4.77. The Labute approximate surface area is 115 Å². The summed E-state index contributed by atoms with van der Waals surface area (Å²) < 4.78 is 0. The van der Waals surface area contributed by atoms with Gasteiger partial charge in [0.2, 0.25) is 5.91 Å². The summed E-state index contributed by atoms with van der Waals surface area (Å²) in [5.41, 5.74) is 0.632. The van der Waals surface area contributed by atoms with Crippen LogP contribution in [0, 0.1) is 6.92 Å². The van der Waals surface area contributed by atoms with E-state index < -0.39 is 0 Å². The first-order valence-electron chi connectivity index (χ1n) is 5.23. The van der Waals surface area contributed by atoms with E-state index in [2.05, 4.69) is 10.3 Å². The average molecular weight is 296 g/mol. The van der Waals surface area contributed by atoms with E-state index in [0.717, 1.165) is 12.8 Å². The Balaban J connectivity index is 2.62. The van der Waals surface area contributed by atoms with Crippen molar-refractivity contribution in [2.75, 3.05) is 11.2 Å². The average Bonchev–Trinajstić information content (AvgIpc) is 2.26. The number of anilines is 1. The number of halogens is 3. The van der Waals surface area contributed by atoms with Gasteiger partial charge in [0.1, 0.15) is 0 Å². The summed E-state index contributed by atoms with van der Waals surface area (Å²) >= 11 is 17.3. The Morgan fingerprint density at radius 2 is 2.06 bits per heavy atom. The molecular weight excluding hydrogens is 282 g/mol. The van der Waals surface area contributed by atoms with Crippen molar-refractivity contribution < 1.29 is 4.79 Å². The van der Waals surface area contributed by atoms with Gasteiger partial charge in [-0.15, -0.1) is 11.6 Å². The van der Waals surface area contributed by atoms with Gasteiger partial charge in [-0.2, -0.15) is 0 Å². The number of rotatable bonds is 5. The maximum atomic E-state index is 11.5. The summed E-state index contributed by atoms with van der Waals surface area (Å²) in [6.45, 7) is 1.75. The van der Waals surface area contributed by atoms with Gasteiger partial charge < -0.3 is 5.32 Å². The number of amides is 1. The van der Waals surface area contributed by atoms with Crippen molar-refractivity contribution in [1.29, 1.82) is 0 Å². The maximum Gasteiger partial charge on any atom is 0.225 e. The predicted molar refractivity (Wildman–Crippen MR) is 72.2 cm³/mol. The van der Waals surface area contributed by atoms with Crippen LogP contribution in [-0.4, -0.2) is 16.8 Å². The van der Waals surface area contributed by atoms with Crippen LogP contribution in [0.4, 0.5) is 5.82 Å². The first-order chi connectivity index (χ1) is 8.04. The van der Waals surface area contributed by atoms with E-state index in [0.29, 0.717) is 33.9 Å². The number of carbonyl (C=O) groups is 1. The second-order valence-electron chi connectivity index (χ2n) is 3.58. The zero-order chi connectivity index (χ0) is 12.8. The molecule has 0 radical (unpaired) electrons. The second kappa shape index (κ2) is 7.04. The van der Waals surface area contributed by atoms with Gasteiger partial charge in [0.05, 0.1) is 15.7 Å². The first kappa shape index (κ1) is 14.6. The molecule has 0 bridgehead atoms. The summed E-state index contributed by atoms with van der Waals surface area (Å²) in [5.74, 6) is 0.794. The third-order valence-electron chi connectivity index (χ3n) is 2.15. The standard InChI is InChI=1S/C11H13Cl3N2O/c1-7-8(13)6-9(14)11(15-7)16-10(17)4-2-3-5-12/h6H,2-5H2,1H3,(H,15,16,17). The molecule has 0 aliphatic heterocycles. The molecule has 0 fully saturated rings. The van der Waals surface area contributed by atoms with Crippen LogP contribution in [-0.2, 0) is 4.79 Å². The monoisotopic (exact) mass is 294 g/mol. The summed E-state index contributed by atoms with van der Waals surface area (Å²) in [5, 5.41) is 3.47. The third-order valence-corrected chi connectivity index (χ3v) is 3.09. The van der Waals surface area contributed by atoms with Crippen LogP contribution in [0.25, 0.3) is 0 Å². The number of nitrogens with one attached hydrogen (secondary N) is 1. The third kappa shape index (κ3) is 4.70. The molecule has 1 amide bonds. The van der Waals surface area contributed by atoms with E-state index in [4.69, 9.17) is 34.8 Å². The lowest BCUT2D eigenvalue weighted by Gasteiger charge is -2.08. The molecule has 3 nitrogen and oxygen atoms in total. The molecular formula is C11H13Cl3N2O. The van der Waals surface area contributed by atoms with Gasteiger partial charge in [-0.25, -0.2) is 4.98 Å². The minimum Gasteiger partial charge on any atom is -0.309 e. The van der Waals surface area contributed by atoms with Crippen LogP contribution in [0.1, 0.15) is 25.0 Å². The van der Waals surface area contributed by atoms with Crippen LogP contribution in [0.15, 0.2) is 6.07 Å². The zero-order valence-corrected chi connectivity index (χ0v) is 11.7. The summed E-state index contributed by atoms with van der Waals surface area (Å²) in [6, 6.07) is 1.57. The molecule has 1 N–H and O–H groups in total. The summed E-state index contributed by atoms with van der Waals surface area (Å²) in [4.78, 5) is 15.7. The van der Waals surface area contributed by atoms with Crippen molar-refractivity contribution in [2.45, 2.75) is 26.2 Å². The smallest absolute Gasteiger partial charge is 0.225 e. The fraction of sp³-hybridized carbons (Fsp3) is 0.455. The fourth-order valence-electron chi connectivity index (χ4n) is 1.22. The predicted octanol–water partition coefficient (Wildman–Crippen LogP) is 4.04. The molecule has 0 spiro atoms. The van der Waals surface area contributed by atoms with Crippen LogP contribution < -0.4 is 5.32 Å². The number of carbonyl (C=O) groups excluding carboxylic acids is 1. The van der Waals surface area contributed by atoms with E-state index in [1.807, 2.05) is 0 Å². The van der Waals surface area contributed by atoms with Crippen molar-refractivity contribution in [1.82, 2.24) is 4.98 Å². The van der Waals surface area contributed by atoms with Gasteiger partial charge in [-0.1, -0.05) is 23.2 Å². The number of unbranched alkanes of at least 4 members (excludes halogenated alkanes) is 1.